The molecule has 0 aromatic carbocycles. The smallest absolute Gasteiger partial charge is 0.309 e. The Morgan fingerprint density at radius 3 is 2.45 bits per heavy atom. The van der Waals surface area contributed by atoms with E-state index in [1.165, 1.54) is 4.31 Å². The van der Waals surface area contributed by atoms with Crippen LogP contribution >= 0.6 is 0 Å². The highest BCUT2D eigenvalue weighted by molar-refractivity contribution is 7.88. The molecule has 7 aliphatic rings. The number of carbonyl (C=O) groups excluding carboxylic acids is 3. The molecular formula is C27H37NO9S. The predicted octanol–water partition coefficient (Wildman–Crippen LogP) is 0.806. The van der Waals surface area contributed by atoms with E-state index in [9.17, 15) is 33.0 Å². The van der Waals surface area contributed by atoms with Crippen LogP contribution in [0.5, 0.6) is 0 Å². The molecule has 4 bridgehead atoms. The van der Waals surface area contributed by atoms with E-state index in [1.807, 2.05) is 13.8 Å². The molecule has 3 saturated heterocycles. The number of rotatable bonds is 3. The number of piperidine rings is 1. The minimum Gasteiger partial charge on any atom is -0.460 e. The molecule has 4 aliphatic carbocycles. The van der Waals surface area contributed by atoms with Gasteiger partial charge in [-0.15, -0.1) is 0 Å². The zero-order valence-electron chi connectivity index (χ0n) is 22.1. The minimum atomic E-state index is -3.37. The Morgan fingerprint density at radius 2 is 1.82 bits per heavy atom. The number of aliphatic hydroxyl groups is 2. The Labute approximate surface area is 222 Å². The predicted molar refractivity (Wildman–Crippen MR) is 133 cm³/mol. The third-order valence-electron chi connectivity index (χ3n) is 11.1. The lowest BCUT2D eigenvalue weighted by atomic mass is 9.36. The molecule has 7 fully saturated rings. The van der Waals surface area contributed by atoms with Crippen molar-refractivity contribution in [1.29, 1.82) is 0 Å². The van der Waals surface area contributed by atoms with Crippen molar-refractivity contribution in [3.8, 4) is 0 Å². The highest BCUT2D eigenvalue weighted by Crippen LogP contribution is 2.76. The Hall–Kier alpha value is -1.66. The minimum absolute atomic E-state index is 0.0750. The first-order valence-corrected chi connectivity index (χ1v) is 15.5. The Kier molecular flexibility index (Phi) is 5.57. The molecule has 10 nitrogen and oxygen atoms in total. The first-order chi connectivity index (χ1) is 17.6. The van der Waals surface area contributed by atoms with Gasteiger partial charge in [0, 0.05) is 31.3 Å². The molecular weight excluding hydrogens is 514 g/mol. The van der Waals surface area contributed by atoms with E-state index < -0.39 is 79.7 Å². The second kappa shape index (κ2) is 7.96. The molecule has 0 unspecified atom stereocenters. The van der Waals surface area contributed by atoms with Crippen LogP contribution in [0.15, 0.2) is 12.2 Å². The number of hydrogen-bond donors (Lipinski definition) is 2. The first kappa shape index (κ1) is 26.6. The third kappa shape index (κ3) is 2.97. The second-order valence-electron chi connectivity index (χ2n) is 13.1. The standard InChI is InChI=1S/C27H37NO9S/c1-14-16-5-6-17-25-13-36-27(33,21(31)19(25)24(2,3)10-7-18(25)29)26(17,20(14)30)22(16)37-23(32)15-8-11-28(12-9-15)38(4,34)35/h15-17,19,21-22,31,33H,1,5-13H2,2-4H3/t16-,17-,19+,21-,22+,25+,26-,27+/m0/s1. The van der Waals surface area contributed by atoms with Crippen LogP contribution in [0.2, 0.25) is 0 Å². The first-order valence-electron chi connectivity index (χ1n) is 13.6. The van der Waals surface area contributed by atoms with Crippen LogP contribution in [0.4, 0.5) is 0 Å². The van der Waals surface area contributed by atoms with Gasteiger partial charge in [-0.3, -0.25) is 14.4 Å². The van der Waals surface area contributed by atoms with Crippen LogP contribution in [0.3, 0.4) is 0 Å². The molecule has 38 heavy (non-hydrogen) atoms. The molecule has 0 aromatic heterocycles. The zero-order valence-corrected chi connectivity index (χ0v) is 23.0. The summed E-state index contributed by atoms with van der Waals surface area (Å²) in [5.74, 6) is -5.88. The van der Waals surface area contributed by atoms with Gasteiger partial charge in [0.2, 0.25) is 15.8 Å². The lowest BCUT2D eigenvalue weighted by Crippen LogP contribution is -2.85. The summed E-state index contributed by atoms with van der Waals surface area (Å²) in [4.78, 5) is 41.4. The molecule has 0 amide bonds. The SMILES string of the molecule is C=C1C(=O)[C@]23[C@H](OC(=O)C4CCN(S(C)(=O)=O)CC4)[C@H]1CC[C@H]2[C@@]12CO[C@]3(O)[C@@H](O)[C@@H]1C(C)(C)CCC2=O. The number of nitrogens with zero attached hydrogens (tertiary/aromatic N) is 1. The summed E-state index contributed by atoms with van der Waals surface area (Å²) >= 11 is 0. The molecule has 7 rings (SSSR count). The van der Waals surface area contributed by atoms with Gasteiger partial charge in [0.1, 0.15) is 23.4 Å². The number of sulfonamides is 1. The van der Waals surface area contributed by atoms with Gasteiger partial charge in [0.25, 0.3) is 0 Å². The maximum Gasteiger partial charge on any atom is 0.309 e. The maximum absolute atomic E-state index is 14.1. The van der Waals surface area contributed by atoms with E-state index in [0.29, 0.717) is 19.3 Å². The van der Waals surface area contributed by atoms with Crippen LogP contribution < -0.4 is 0 Å². The van der Waals surface area contributed by atoms with E-state index in [2.05, 4.69) is 6.58 Å². The average molecular weight is 552 g/mol. The van der Waals surface area contributed by atoms with Crippen LogP contribution in [-0.2, 0) is 33.9 Å². The summed E-state index contributed by atoms with van der Waals surface area (Å²) in [6.45, 7) is 8.26. The normalized spacial score (nSPS) is 46.6. The number of hydrogen-bond acceptors (Lipinski definition) is 9. The lowest BCUT2D eigenvalue weighted by molar-refractivity contribution is -0.437. The van der Waals surface area contributed by atoms with Crippen molar-refractivity contribution < 1.29 is 42.5 Å². The van der Waals surface area contributed by atoms with Crippen molar-refractivity contribution in [3.05, 3.63) is 12.2 Å². The number of esters is 1. The number of carbonyl (C=O) groups is 3. The Balaban J connectivity index is 1.40. The average Bonchev–Trinajstić information content (AvgIpc) is 2.97. The van der Waals surface area contributed by atoms with Gasteiger partial charge in [-0.1, -0.05) is 20.4 Å². The summed E-state index contributed by atoms with van der Waals surface area (Å²) in [6.07, 6.45) is 0.783. The molecule has 8 atom stereocenters. The van der Waals surface area contributed by atoms with E-state index in [1.54, 1.807) is 0 Å². The zero-order chi connectivity index (χ0) is 27.6. The van der Waals surface area contributed by atoms with Gasteiger partial charge in [0.05, 0.1) is 24.2 Å². The van der Waals surface area contributed by atoms with Crippen molar-refractivity contribution in [2.45, 2.75) is 70.4 Å². The summed E-state index contributed by atoms with van der Waals surface area (Å²) < 4.78 is 37.2. The summed E-state index contributed by atoms with van der Waals surface area (Å²) in [7, 11) is -3.37. The quantitative estimate of drug-likeness (QED) is 0.384. The highest BCUT2D eigenvalue weighted by Gasteiger charge is 2.88. The van der Waals surface area contributed by atoms with Crippen molar-refractivity contribution in [2.24, 2.45) is 39.9 Å². The Bertz CT molecular complexity index is 1240. The largest absolute Gasteiger partial charge is 0.460 e. The lowest BCUT2D eigenvalue weighted by Gasteiger charge is -2.73. The van der Waals surface area contributed by atoms with E-state index in [4.69, 9.17) is 9.47 Å². The molecule has 11 heteroatoms. The van der Waals surface area contributed by atoms with Crippen LogP contribution in [0.25, 0.3) is 0 Å². The molecule has 3 aliphatic heterocycles. The van der Waals surface area contributed by atoms with Crippen LogP contribution in [0.1, 0.15) is 52.4 Å². The van der Waals surface area contributed by atoms with Gasteiger partial charge in [0.15, 0.2) is 5.78 Å². The van der Waals surface area contributed by atoms with Gasteiger partial charge in [-0.05, 0) is 49.0 Å². The van der Waals surface area contributed by atoms with E-state index >= 15 is 0 Å². The van der Waals surface area contributed by atoms with Gasteiger partial charge >= 0.3 is 5.97 Å². The van der Waals surface area contributed by atoms with Crippen molar-refractivity contribution in [1.82, 2.24) is 4.31 Å². The Morgan fingerprint density at radius 1 is 1.16 bits per heavy atom. The fourth-order valence-corrected chi connectivity index (χ4v) is 10.3. The number of ketones is 2. The van der Waals surface area contributed by atoms with Gasteiger partial charge in [-0.25, -0.2) is 12.7 Å². The molecule has 0 radical (unpaired) electrons. The van der Waals surface area contributed by atoms with Crippen LogP contribution in [-0.4, -0.2) is 84.4 Å². The maximum atomic E-state index is 14.1. The number of Topliss-reactive ketones (excluding diaryl/α,β-unsaturated/α-hetero) is 2. The van der Waals surface area contributed by atoms with Crippen molar-refractivity contribution in [3.63, 3.8) is 0 Å². The monoisotopic (exact) mass is 551 g/mol. The molecule has 0 aromatic rings. The van der Waals surface area contributed by atoms with Crippen LogP contribution in [0, 0.1) is 39.9 Å². The third-order valence-corrected chi connectivity index (χ3v) is 12.4. The van der Waals surface area contributed by atoms with E-state index in [0.717, 1.165) is 6.26 Å². The van der Waals surface area contributed by atoms with Gasteiger partial charge < -0.3 is 19.7 Å². The molecule has 2 spiro atoms. The molecule has 3 heterocycles. The molecule has 2 N–H and O–H groups in total. The summed E-state index contributed by atoms with van der Waals surface area (Å²) in [5, 5.41) is 24.0. The number of fused-ring (bicyclic) bond motifs is 2. The van der Waals surface area contributed by atoms with Gasteiger partial charge in [-0.2, -0.15) is 0 Å². The topological polar surface area (TPSA) is 148 Å². The molecule has 210 valence electrons. The summed E-state index contributed by atoms with van der Waals surface area (Å²) in [6, 6.07) is 0. The highest BCUT2D eigenvalue weighted by atomic mass is 32.2. The second-order valence-corrected chi connectivity index (χ2v) is 15.1. The number of aliphatic hydroxyl groups excluding tert-OH is 1. The summed E-state index contributed by atoms with van der Waals surface area (Å²) in [5.41, 5.74) is -3.26. The fraction of sp³-hybridized carbons (Fsp3) is 0.815. The fourth-order valence-electron chi connectivity index (χ4n) is 9.41. The van der Waals surface area contributed by atoms with Crippen molar-refractivity contribution >= 4 is 27.6 Å². The molecule has 4 saturated carbocycles. The number of ether oxygens (including phenoxy) is 2. The van der Waals surface area contributed by atoms with E-state index in [-0.39, 0.29) is 50.3 Å². The van der Waals surface area contributed by atoms with Crippen molar-refractivity contribution in [2.75, 3.05) is 26.0 Å².